The lowest BCUT2D eigenvalue weighted by Gasteiger charge is -1.99. The van der Waals surface area contributed by atoms with Crippen LogP contribution in [0.3, 0.4) is 0 Å². The number of nitrogens with zero attached hydrogens (tertiary/aromatic N) is 3. The number of aromatic nitrogens is 2. The topological polar surface area (TPSA) is 41.1 Å². The number of aryl methyl sites for hydroxylation is 1. The van der Waals surface area contributed by atoms with Crippen LogP contribution >= 0.6 is 0 Å². The molecule has 0 aliphatic heterocycles. The monoisotopic (exact) mass is 265 g/mol. The van der Waals surface area contributed by atoms with Gasteiger partial charge < -0.3 is 0 Å². The normalized spacial score (nSPS) is 10.7. The van der Waals surface area contributed by atoms with Gasteiger partial charge in [0.15, 0.2) is 11.5 Å². The molecule has 98 valence electrons. The minimum absolute atomic E-state index is 0.200. The Hall–Kier alpha value is -2.67. The van der Waals surface area contributed by atoms with Gasteiger partial charge in [0.1, 0.15) is 11.8 Å². The number of hydrogen-bond acceptors (Lipinski definition) is 2. The number of fused-ring (bicyclic) bond motifs is 1. The Balaban J connectivity index is 2.10. The maximum absolute atomic E-state index is 13.7. The largest absolute Gasteiger partial charge is 0.289 e. The molecule has 3 rings (SSSR count). The van der Waals surface area contributed by atoms with E-state index in [-0.39, 0.29) is 5.65 Å². The summed E-state index contributed by atoms with van der Waals surface area (Å²) in [5, 5.41) is 9.29. The minimum atomic E-state index is -0.417. The first-order chi connectivity index (χ1) is 9.69. The third kappa shape index (κ3) is 2.04. The Morgan fingerprint density at radius 2 is 2.00 bits per heavy atom. The summed E-state index contributed by atoms with van der Waals surface area (Å²) in [6.45, 7) is 2.02. The van der Waals surface area contributed by atoms with Gasteiger partial charge in [-0.1, -0.05) is 29.8 Å². The number of imidazole rings is 1. The molecule has 0 radical (unpaired) electrons. The van der Waals surface area contributed by atoms with Crippen LogP contribution in [0.4, 0.5) is 4.39 Å². The number of hydrogen-bond donors (Lipinski definition) is 0. The molecular weight excluding hydrogens is 253 g/mol. The van der Waals surface area contributed by atoms with Crippen LogP contribution in [0.5, 0.6) is 0 Å². The molecule has 0 unspecified atom stereocenters. The van der Waals surface area contributed by atoms with Crippen molar-refractivity contribution in [2.75, 3.05) is 0 Å². The summed E-state index contributed by atoms with van der Waals surface area (Å²) in [6, 6.07) is 13.0. The first-order valence-corrected chi connectivity index (χ1v) is 6.30. The number of benzene rings is 1. The first-order valence-electron chi connectivity index (χ1n) is 6.30. The van der Waals surface area contributed by atoms with Crippen molar-refractivity contribution in [3.8, 4) is 6.07 Å². The van der Waals surface area contributed by atoms with E-state index in [9.17, 15) is 9.65 Å². The van der Waals surface area contributed by atoms with Gasteiger partial charge in [-0.05, 0) is 24.6 Å². The van der Waals surface area contributed by atoms with E-state index in [0.717, 1.165) is 5.56 Å². The smallest absolute Gasteiger partial charge is 0.174 e. The van der Waals surface area contributed by atoms with Crippen molar-refractivity contribution in [3.63, 3.8) is 0 Å². The molecule has 0 fully saturated rings. The van der Waals surface area contributed by atoms with Crippen LogP contribution in [0.15, 0.2) is 42.6 Å². The fourth-order valence-corrected chi connectivity index (χ4v) is 2.22. The minimum Gasteiger partial charge on any atom is -0.289 e. The highest BCUT2D eigenvalue weighted by Crippen LogP contribution is 2.18. The molecule has 4 heteroatoms. The molecule has 0 atom stereocenters. The summed E-state index contributed by atoms with van der Waals surface area (Å²) in [4.78, 5) is 4.27. The maximum Gasteiger partial charge on any atom is 0.174 e. The standard InChI is InChI=1S/C16H12FN3/c1-11-4-6-12(7-5-11)9-14-15(10-18)20-8-2-3-13(17)16(20)19-14/h2-8H,9H2,1H3. The molecule has 0 amide bonds. The molecule has 20 heavy (non-hydrogen) atoms. The predicted octanol–water partition coefficient (Wildman–Crippen LogP) is 3.24. The molecule has 0 aliphatic carbocycles. The van der Waals surface area contributed by atoms with Crippen molar-refractivity contribution < 1.29 is 4.39 Å². The van der Waals surface area contributed by atoms with Gasteiger partial charge >= 0.3 is 0 Å². The third-order valence-corrected chi connectivity index (χ3v) is 3.27. The van der Waals surface area contributed by atoms with Crippen molar-refractivity contribution in [1.82, 2.24) is 9.38 Å². The van der Waals surface area contributed by atoms with Gasteiger partial charge in [-0.2, -0.15) is 5.26 Å². The Kier molecular flexibility index (Phi) is 2.96. The lowest BCUT2D eigenvalue weighted by atomic mass is 10.1. The first kappa shape index (κ1) is 12.4. The summed E-state index contributed by atoms with van der Waals surface area (Å²) < 4.78 is 15.2. The number of halogens is 1. The summed E-state index contributed by atoms with van der Waals surface area (Å²) in [6.07, 6.45) is 2.17. The van der Waals surface area contributed by atoms with Gasteiger partial charge in [-0.3, -0.25) is 4.40 Å². The number of rotatable bonds is 2. The van der Waals surface area contributed by atoms with Crippen LogP contribution in [0, 0.1) is 24.1 Å². The molecule has 3 aromatic rings. The molecule has 0 saturated carbocycles. The van der Waals surface area contributed by atoms with Crippen LogP contribution in [0.25, 0.3) is 5.65 Å². The van der Waals surface area contributed by atoms with E-state index >= 15 is 0 Å². The summed E-state index contributed by atoms with van der Waals surface area (Å²) >= 11 is 0. The van der Waals surface area contributed by atoms with Crippen molar-refractivity contribution in [2.24, 2.45) is 0 Å². The quantitative estimate of drug-likeness (QED) is 0.713. The Bertz CT molecular complexity index is 810. The van der Waals surface area contributed by atoms with Crippen molar-refractivity contribution in [2.45, 2.75) is 13.3 Å². The Morgan fingerprint density at radius 1 is 1.25 bits per heavy atom. The maximum atomic E-state index is 13.7. The predicted molar refractivity (Wildman–Crippen MR) is 73.9 cm³/mol. The third-order valence-electron chi connectivity index (χ3n) is 3.27. The van der Waals surface area contributed by atoms with Gasteiger partial charge in [-0.15, -0.1) is 0 Å². The van der Waals surface area contributed by atoms with E-state index in [2.05, 4.69) is 11.1 Å². The van der Waals surface area contributed by atoms with Crippen molar-refractivity contribution >= 4 is 5.65 Å². The lowest BCUT2D eigenvalue weighted by Crippen LogP contribution is -1.94. The van der Waals surface area contributed by atoms with Gasteiger partial charge in [0, 0.05) is 12.6 Å². The molecule has 0 aliphatic rings. The SMILES string of the molecule is Cc1ccc(Cc2nc3c(F)cccn3c2C#N)cc1. The molecule has 1 aromatic carbocycles. The highest BCUT2D eigenvalue weighted by molar-refractivity contribution is 5.49. The van der Waals surface area contributed by atoms with Crippen molar-refractivity contribution in [3.05, 3.63) is 70.9 Å². The zero-order valence-electron chi connectivity index (χ0n) is 11.0. The number of pyridine rings is 1. The molecule has 0 saturated heterocycles. The van der Waals surface area contributed by atoms with Crippen LogP contribution in [-0.2, 0) is 6.42 Å². The van der Waals surface area contributed by atoms with E-state index in [1.165, 1.54) is 16.0 Å². The second-order valence-corrected chi connectivity index (χ2v) is 4.73. The molecule has 0 N–H and O–H groups in total. The average molecular weight is 265 g/mol. The molecule has 0 bridgehead atoms. The molecule has 3 nitrogen and oxygen atoms in total. The lowest BCUT2D eigenvalue weighted by molar-refractivity contribution is 0.629. The molecule has 2 aromatic heterocycles. The Morgan fingerprint density at radius 3 is 2.70 bits per heavy atom. The van der Waals surface area contributed by atoms with E-state index in [4.69, 9.17) is 0 Å². The van der Waals surface area contributed by atoms with Crippen LogP contribution < -0.4 is 0 Å². The highest BCUT2D eigenvalue weighted by Gasteiger charge is 2.14. The summed E-state index contributed by atoms with van der Waals surface area (Å²) in [5.41, 5.74) is 3.42. The van der Waals surface area contributed by atoms with Crippen LogP contribution in [0.1, 0.15) is 22.5 Å². The van der Waals surface area contributed by atoms with Crippen LogP contribution in [0.2, 0.25) is 0 Å². The second-order valence-electron chi connectivity index (χ2n) is 4.73. The van der Waals surface area contributed by atoms with E-state index in [0.29, 0.717) is 17.8 Å². The van der Waals surface area contributed by atoms with Crippen LogP contribution in [-0.4, -0.2) is 9.38 Å². The zero-order chi connectivity index (χ0) is 14.1. The van der Waals surface area contributed by atoms with Crippen molar-refractivity contribution in [1.29, 1.82) is 5.26 Å². The van der Waals surface area contributed by atoms with Gasteiger partial charge in [0.05, 0.1) is 5.69 Å². The van der Waals surface area contributed by atoms with E-state index in [1.54, 1.807) is 12.3 Å². The summed E-state index contributed by atoms with van der Waals surface area (Å²) in [5.74, 6) is -0.417. The number of nitriles is 1. The molecule has 0 spiro atoms. The van der Waals surface area contributed by atoms with Gasteiger partial charge in [0.25, 0.3) is 0 Å². The fourth-order valence-electron chi connectivity index (χ4n) is 2.22. The Labute approximate surface area is 115 Å². The fraction of sp³-hybridized carbons (Fsp3) is 0.125. The van der Waals surface area contributed by atoms with E-state index in [1.807, 2.05) is 31.2 Å². The molecule has 2 heterocycles. The van der Waals surface area contributed by atoms with Gasteiger partial charge in [0.2, 0.25) is 0 Å². The highest BCUT2D eigenvalue weighted by atomic mass is 19.1. The average Bonchev–Trinajstić information content (AvgIpc) is 2.80. The van der Waals surface area contributed by atoms with E-state index < -0.39 is 5.82 Å². The second kappa shape index (κ2) is 4.78. The summed E-state index contributed by atoms with van der Waals surface area (Å²) in [7, 11) is 0. The molecular formula is C16H12FN3. The zero-order valence-corrected chi connectivity index (χ0v) is 11.0. The van der Waals surface area contributed by atoms with Gasteiger partial charge in [-0.25, -0.2) is 9.37 Å².